The van der Waals surface area contributed by atoms with Crippen molar-refractivity contribution in [1.82, 2.24) is 10.3 Å². The predicted molar refractivity (Wildman–Crippen MR) is 91.7 cm³/mol. The lowest BCUT2D eigenvalue weighted by Crippen LogP contribution is -2.69. The van der Waals surface area contributed by atoms with E-state index in [1.165, 1.54) is 24.5 Å². The van der Waals surface area contributed by atoms with Gasteiger partial charge in [-0.15, -0.1) is 11.3 Å². The fourth-order valence-electron chi connectivity index (χ4n) is 1.92. The molecule has 0 aliphatic heterocycles. The highest BCUT2D eigenvalue weighted by atomic mass is 32.1. The van der Waals surface area contributed by atoms with Crippen LogP contribution in [0.2, 0.25) is 0 Å². The van der Waals surface area contributed by atoms with Crippen molar-refractivity contribution >= 4 is 34.5 Å². The molecule has 1 aromatic heterocycles. The Balaban J connectivity index is 3.20. The molecule has 13 heteroatoms. The zero-order valence-corrected chi connectivity index (χ0v) is 16.2. The lowest BCUT2D eigenvalue weighted by molar-refractivity contribution is -0.205. The molecule has 1 heterocycles. The van der Waals surface area contributed by atoms with E-state index in [1.807, 2.05) is 5.32 Å². The molecule has 1 atom stereocenters. The smallest absolute Gasteiger partial charge is 0.442 e. The highest BCUT2D eigenvalue weighted by Gasteiger charge is 2.64. The van der Waals surface area contributed by atoms with Gasteiger partial charge in [-0.25, -0.2) is 14.6 Å². The Labute approximate surface area is 162 Å². The molecular formula is C15H20F3N3O6S. The van der Waals surface area contributed by atoms with Crippen molar-refractivity contribution in [3.05, 3.63) is 11.1 Å². The molecule has 0 aliphatic carbocycles. The third-order valence-corrected chi connectivity index (χ3v) is 3.86. The van der Waals surface area contributed by atoms with Gasteiger partial charge in [0.05, 0.1) is 31.9 Å². The number of nitrogens with zero attached hydrogens (tertiary/aromatic N) is 1. The molecule has 1 amide bonds. The van der Waals surface area contributed by atoms with Gasteiger partial charge >= 0.3 is 29.9 Å². The molecule has 1 rings (SSSR count). The van der Waals surface area contributed by atoms with E-state index in [0.717, 1.165) is 0 Å². The Bertz CT molecular complexity index is 697. The number of hydrogen-bond acceptors (Lipinski definition) is 9. The number of carbonyl (C=O) groups is 3. The van der Waals surface area contributed by atoms with Crippen LogP contribution in [-0.2, 0) is 30.2 Å². The molecular weight excluding hydrogens is 407 g/mol. The van der Waals surface area contributed by atoms with Crippen molar-refractivity contribution in [1.29, 1.82) is 0 Å². The van der Waals surface area contributed by atoms with Crippen molar-refractivity contribution < 1.29 is 41.8 Å². The van der Waals surface area contributed by atoms with Gasteiger partial charge < -0.3 is 19.5 Å². The molecule has 0 bridgehead atoms. The first-order chi connectivity index (χ1) is 13.1. The molecule has 0 spiro atoms. The molecule has 1 aromatic rings. The number of hydrogen-bond donors (Lipinski definition) is 2. The van der Waals surface area contributed by atoms with E-state index in [9.17, 15) is 27.6 Å². The molecule has 2 N–H and O–H groups in total. The first kappa shape index (κ1) is 23.5. The van der Waals surface area contributed by atoms with Crippen LogP contribution in [0, 0.1) is 0 Å². The number of ether oxygens (including phenoxy) is 3. The molecule has 158 valence electrons. The van der Waals surface area contributed by atoms with Crippen molar-refractivity contribution in [3.8, 4) is 0 Å². The van der Waals surface area contributed by atoms with Crippen LogP contribution in [0.5, 0.6) is 0 Å². The summed E-state index contributed by atoms with van der Waals surface area (Å²) in [5.74, 6) is -2.41. The number of esters is 2. The summed E-state index contributed by atoms with van der Waals surface area (Å²) >= 11 is 0.699. The standard InChI is InChI=1S/C15H20F3N3O6S/c1-4-25-10(22)7-9-8-28-12(19-9)20-14(15(16,17)18,11(23)26-5-2)21-13(24)27-6-3/h8H,4-7H2,1-3H3,(H,19,20)(H,21,24)/t14-/m0/s1. The van der Waals surface area contributed by atoms with Gasteiger partial charge in [-0.05, 0) is 20.8 Å². The van der Waals surface area contributed by atoms with Gasteiger partial charge in [-0.3, -0.25) is 10.1 Å². The van der Waals surface area contributed by atoms with E-state index in [0.29, 0.717) is 11.3 Å². The van der Waals surface area contributed by atoms with Crippen LogP contribution < -0.4 is 10.6 Å². The third-order valence-electron chi connectivity index (χ3n) is 3.05. The highest BCUT2D eigenvalue weighted by Crippen LogP contribution is 2.34. The fraction of sp³-hybridized carbons (Fsp3) is 0.600. The second kappa shape index (κ2) is 10.1. The lowest BCUT2D eigenvalue weighted by atomic mass is 10.1. The van der Waals surface area contributed by atoms with E-state index in [-0.39, 0.29) is 37.1 Å². The molecule has 0 aliphatic rings. The monoisotopic (exact) mass is 427 g/mol. The minimum absolute atomic E-state index is 0.127. The van der Waals surface area contributed by atoms with E-state index in [4.69, 9.17) is 4.74 Å². The second-order valence-corrected chi connectivity index (χ2v) is 5.92. The van der Waals surface area contributed by atoms with Gasteiger partial charge in [-0.2, -0.15) is 13.2 Å². The summed E-state index contributed by atoms with van der Waals surface area (Å²) in [4.78, 5) is 39.1. The fourth-order valence-corrected chi connectivity index (χ4v) is 2.68. The minimum Gasteiger partial charge on any atom is -0.466 e. The molecule has 28 heavy (non-hydrogen) atoms. The number of thiazole rings is 1. The number of halogens is 3. The zero-order valence-electron chi connectivity index (χ0n) is 15.3. The van der Waals surface area contributed by atoms with Crippen LogP contribution in [0.15, 0.2) is 5.38 Å². The number of amides is 1. The summed E-state index contributed by atoms with van der Waals surface area (Å²) in [6.45, 7) is 3.85. The average molecular weight is 427 g/mol. The zero-order chi connectivity index (χ0) is 21.4. The summed E-state index contributed by atoms with van der Waals surface area (Å²) in [6, 6.07) is 0. The Morgan fingerprint density at radius 2 is 1.68 bits per heavy atom. The Morgan fingerprint density at radius 3 is 2.21 bits per heavy atom. The number of alkyl carbamates (subject to hydrolysis) is 1. The maximum absolute atomic E-state index is 13.8. The van der Waals surface area contributed by atoms with Gasteiger partial charge in [0.1, 0.15) is 0 Å². The van der Waals surface area contributed by atoms with Gasteiger partial charge in [0.2, 0.25) is 0 Å². The molecule has 0 aromatic carbocycles. The van der Waals surface area contributed by atoms with Crippen LogP contribution in [0.4, 0.5) is 23.1 Å². The SMILES string of the molecule is CCOC(=O)Cc1csc(N[C@](NC(=O)OCC)(C(=O)OCC)C(F)(F)F)n1. The first-order valence-electron chi connectivity index (χ1n) is 8.16. The van der Waals surface area contributed by atoms with E-state index in [1.54, 1.807) is 6.92 Å². The van der Waals surface area contributed by atoms with Crippen LogP contribution in [-0.4, -0.2) is 54.7 Å². The number of aromatic nitrogens is 1. The third kappa shape index (κ3) is 5.97. The first-order valence-corrected chi connectivity index (χ1v) is 9.04. The van der Waals surface area contributed by atoms with Crippen LogP contribution >= 0.6 is 11.3 Å². The van der Waals surface area contributed by atoms with E-state index in [2.05, 4.69) is 14.5 Å². The minimum atomic E-state index is -5.31. The van der Waals surface area contributed by atoms with Crippen molar-refractivity contribution in [2.24, 2.45) is 0 Å². The van der Waals surface area contributed by atoms with Crippen LogP contribution in [0.1, 0.15) is 26.5 Å². The summed E-state index contributed by atoms with van der Waals surface area (Å²) in [5, 5.41) is 4.30. The largest absolute Gasteiger partial charge is 0.466 e. The van der Waals surface area contributed by atoms with Crippen LogP contribution in [0.25, 0.3) is 0 Å². The number of anilines is 1. The summed E-state index contributed by atoms with van der Waals surface area (Å²) in [5.41, 5.74) is -3.50. The van der Waals surface area contributed by atoms with Crippen molar-refractivity contribution in [2.45, 2.75) is 39.0 Å². The quantitative estimate of drug-likeness (QED) is 0.350. The molecule has 0 fully saturated rings. The molecule has 0 radical (unpaired) electrons. The number of alkyl halides is 3. The topological polar surface area (TPSA) is 116 Å². The summed E-state index contributed by atoms with van der Waals surface area (Å²) in [6.07, 6.45) is -7.06. The average Bonchev–Trinajstić information content (AvgIpc) is 3.00. The second-order valence-electron chi connectivity index (χ2n) is 5.06. The molecule has 0 saturated carbocycles. The van der Waals surface area contributed by atoms with Gasteiger partial charge in [0, 0.05) is 5.38 Å². The number of nitrogens with one attached hydrogen (secondary N) is 2. The summed E-state index contributed by atoms with van der Waals surface area (Å²) in [7, 11) is 0. The van der Waals surface area contributed by atoms with E-state index >= 15 is 0 Å². The molecule has 9 nitrogen and oxygen atoms in total. The van der Waals surface area contributed by atoms with Crippen molar-refractivity contribution in [3.63, 3.8) is 0 Å². The summed E-state index contributed by atoms with van der Waals surface area (Å²) < 4.78 is 55.2. The van der Waals surface area contributed by atoms with Gasteiger partial charge in [-0.1, -0.05) is 0 Å². The molecule has 0 unspecified atom stereocenters. The van der Waals surface area contributed by atoms with Crippen LogP contribution in [0.3, 0.4) is 0 Å². The highest BCUT2D eigenvalue weighted by molar-refractivity contribution is 7.13. The normalized spacial score (nSPS) is 13.2. The lowest BCUT2D eigenvalue weighted by Gasteiger charge is -2.33. The van der Waals surface area contributed by atoms with Gasteiger partial charge in [0.15, 0.2) is 5.13 Å². The van der Waals surface area contributed by atoms with Crippen molar-refractivity contribution in [2.75, 3.05) is 25.1 Å². The number of rotatable bonds is 9. The number of carbonyl (C=O) groups excluding carboxylic acids is 3. The maximum Gasteiger partial charge on any atom is 0.442 e. The maximum atomic E-state index is 13.8. The Hall–Kier alpha value is -2.57. The van der Waals surface area contributed by atoms with Gasteiger partial charge in [0.25, 0.3) is 0 Å². The van der Waals surface area contributed by atoms with E-state index < -0.39 is 29.9 Å². The molecule has 0 saturated heterocycles. The Morgan fingerprint density at radius 1 is 1.07 bits per heavy atom. The Kier molecular flexibility index (Phi) is 8.47. The predicted octanol–water partition coefficient (Wildman–Crippen LogP) is 2.23.